The van der Waals surface area contributed by atoms with E-state index in [-0.39, 0.29) is 21.4 Å². The lowest BCUT2D eigenvalue weighted by atomic mass is 10.1. The summed E-state index contributed by atoms with van der Waals surface area (Å²) in [5, 5.41) is 2.43. The Labute approximate surface area is 176 Å². The Morgan fingerprint density at radius 1 is 1.24 bits per heavy atom. The van der Waals surface area contributed by atoms with E-state index >= 15 is 0 Å². The molecule has 150 valence electrons. The molecule has 1 N–H and O–H groups in total. The van der Waals surface area contributed by atoms with Gasteiger partial charge in [-0.3, -0.25) is 14.9 Å². The van der Waals surface area contributed by atoms with E-state index in [1.165, 1.54) is 37.5 Å². The Bertz CT molecular complexity index is 1040. The number of nitrogens with one attached hydrogen (secondary N) is 1. The average Bonchev–Trinajstić information content (AvgIpc) is 2.68. The summed E-state index contributed by atoms with van der Waals surface area (Å²) in [4.78, 5) is 26.3. The molecule has 2 amide bonds. The Morgan fingerprint density at radius 3 is 2.62 bits per heavy atom. The van der Waals surface area contributed by atoms with Gasteiger partial charge in [0.2, 0.25) is 0 Å². The molecule has 1 heterocycles. The minimum Gasteiger partial charge on any atom is -0.493 e. The number of rotatable bonds is 5. The maximum Gasteiger partial charge on any atom is 0.270 e. The number of carbonyl (C=O) groups excluding carboxylic acids is 2. The van der Waals surface area contributed by atoms with Crippen LogP contribution >= 0.6 is 23.8 Å². The fourth-order valence-corrected chi connectivity index (χ4v) is 3.24. The summed E-state index contributed by atoms with van der Waals surface area (Å²) in [6, 6.07) is 8.70. The van der Waals surface area contributed by atoms with Crippen molar-refractivity contribution in [2.45, 2.75) is 6.92 Å². The first-order chi connectivity index (χ1) is 13.9. The van der Waals surface area contributed by atoms with Crippen molar-refractivity contribution in [2.75, 3.05) is 18.6 Å². The number of hydrogen-bond acceptors (Lipinski definition) is 5. The Kier molecular flexibility index (Phi) is 6.14. The minimum absolute atomic E-state index is 0.0660. The number of ether oxygens (including phenoxy) is 2. The number of anilines is 1. The van der Waals surface area contributed by atoms with Crippen LogP contribution in [0.5, 0.6) is 11.5 Å². The van der Waals surface area contributed by atoms with Crippen molar-refractivity contribution < 1.29 is 23.5 Å². The topological polar surface area (TPSA) is 67.9 Å². The van der Waals surface area contributed by atoms with Gasteiger partial charge >= 0.3 is 0 Å². The van der Waals surface area contributed by atoms with Crippen LogP contribution in [0.25, 0.3) is 6.08 Å². The predicted molar refractivity (Wildman–Crippen MR) is 112 cm³/mol. The molecule has 0 aliphatic carbocycles. The largest absolute Gasteiger partial charge is 0.493 e. The molecule has 1 fully saturated rings. The molecule has 0 radical (unpaired) electrons. The highest BCUT2D eigenvalue weighted by Gasteiger charge is 2.35. The Balaban J connectivity index is 2.06. The van der Waals surface area contributed by atoms with Crippen molar-refractivity contribution in [1.82, 2.24) is 5.32 Å². The van der Waals surface area contributed by atoms with Crippen molar-refractivity contribution in [3.63, 3.8) is 0 Å². The number of para-hydroxylation sites is 1. The zero-order chi connectivity index (χ0) is 21.1. The van der Waals surface area contributed by atoms with Crippen LogP contribution in [0, 0.1) is 5.82 Å². The molecule has 6 nitrogen and oxygen atoms in total. The van der Waals surface area contributed by atoms with Crippen molar-refractivity contribution in [3.05, 3.63) is 58.4 Å². The van der Waals surface area contributed by atoms with E-state index in [0.717, 1.165) is 4.90 Å². The predicted octanol–water partition coefficient (Wildman–Crippen LogP) is 3.72. The van der Waals surface area contributed by atoms with Gasteiger partial charge < -0.3 is 9.47 Å². The van der Waals surface area contributed by atoms with Crippen molar-refractivity contribution >= 4 is 52.5 Å². The van der Waals surface area contributed by atoms with E-state index < -0.39 is 17.6 Å². The van der Waals surface area contributed by atoms with Gasteiger partial charge in [0.1, 0.15) is 11.4 Å². The molecule has 1 aliphatic heterocycles. The molecule has 0 unspecified atom stereocenters. The van der Waals surface area contributed by atoms with Gasteiger partial charge in [-0.15, -0.1) is 0 Å². The third kappa shape index (κ3) is 4.08. The van der Waals surface area contributed by atoms with Crippen LogP contribution in [0.2, 0.25) is 5.02 Å². The van der Waals surface area contributed by atoms with E-state index in [9.17, 15) is 14.0 Å². The lowest BCUT2D eigenvalue weighted by Crippen LogP contribution is -2.54. The number of amides is 2. The Morgan fingerprint density at radius 2 is 1.97 bits per heavy atom. The lowest BCUT2D eigenvalue weighted by Gasteiger charge is -2.29. The standard InChI is InChI=1S/C20H16ClFN2O4S/c1-3-28-17-10-13(21)11(9-16(17)27-2)8-12-18(25)23-20(29)24(19(12)26)15-7-5-4-6-14(15)22/h4-10H,3H2,1-2H3,(H,23,25,29)/b12-8+. The summed E-state index contributed by atoms with van der Waals surface area (Å²) >= 11 is 11.4. The van der Waals surface area contributed by atoms with Crippen LogP contribution in [0.3, 0.4) is 0 Å². The molecule has 0 bridgehead atoms. The van der Waals surface area contributed by atoms with E-state index in [2.05, 4.69) is 5.32 Å². The van der Waals surface area contributed by atoms with Gasteiger partial charge in [-0.1, -0.05) is 23.7 Å². The maximum absolute atomic E-state index is 14.2. The molecular weight excluding hydrogens is 419 g/mol. The number of benzene rings is 2. The zero-order valence-electron chi connectivity index (χ0n) is 15.5. The van der Waals surface area contributed by atoms with Crippen LogP contribution in [-0.4, -0.2) is 30.6 Å². The summed E-state index contributed by atoms with van der Waals surface area (Å²) in [6.45, 7) is 2.22. The summed E-state index contributed by atoms with van der Waals surface area (Å²) in [6.07, 6.45) is 1.30. The van der Waals surface area contributed by atoms with Crippen LogP contribution in [-0.2, 0) is 9.59 Å². The normalized spacial score (nSPS) is 15.5. The molecule has 0 atom stereocenters. The van der Waals surface area contributed by atoms with Crippen LogP contribution in [0.1, 0.15) is 12.5 Å². The second-order valence-corrected chi connectivity index (χ2v) is 6.66. The quantitative estimate of drug-likeness (QED) is 0.441. The second-order valence-electron chi connectivity index (χ2n) is 5.87. The molecule has 3 rings (SSSR count). The molecule has 29 heavy (non-hydrogen) atoms. The first-order valence-corrected chi connectivity index (χ1v) is 9.32. The number of thiocarbonyl (C=S) groups is 1. The average molecular weight is 435 g/mol. The lowest BCUT2D eigenvalue weighted by molar-refractivity contribution is -0.122. The summed E-state index contributed by atoms with van der Waals surface area (Å²) < 4.78 is 24.9. The van der Waals surface area contributed by atoms with Crippen molar-refractivity contribution in [3.8, 4) is 11.5 Å². The minimum atomic E-state index is -0.771. The van der Waals surface area contributed by atoms with Gasteiger partial charge in [0, 0.05) is 6.07 Å². The van der Waals surface area contributed by atoms with Gasteiger partial charge in [0.15, 0.2) is 16.6 Å². The van der Waals surface area contributed by atoms with Gasteiger partial charge in [-0.05, 0) is 49.0 Å². The van der Waals surface area contributed by atoms with Crippen molar-refractivity contribution in [1.29, 1.82) is 0 Å². The molecule has 2 aromatic carbocycles. The third-order valence-electron chi connectivity index (χ3n) is 4.08. The van der Waals surface area contributed by atoms with Crippen LogP contribution < -0.4 is 19.7 Å². The van der Waals surface area contributed by atoms with E-state index in [1.54, 1.807) is 12.1 Å². The van der Waals surface area contributed by atoms with Gasteiger partial charge in [0.05, 0.1) is 24.4 Å². The third-order valence-corrected chi connectivity index (χ3v) is 4.69. The molecular formula is C20H16ClFN2O4S. The molecule has 0 saturated carbocycles. The van der Waals surface area contributed by atoms with Gasteiger partial charge in [-0.2, -0.15) is 0 Å². The zero-order valence-corrected chi connectivity index (χ0v) is 17.1. The monoisotopic (exact) mass is 434 g/mol. The number of methoxy groups -OCH3 is 1. The van der Waals surface area contributed by atoms with E-state index in [0.29, 0.717) is 23.7 Å². The SMILES string of the molecule is CCOc1cc(Cl)c(/C=C2\C(=O)NC(=S)N(c3ccccc3F)C2=O)cc1OC. The summed E-state index contributed by atoms with van der Waals surface area (Å²) in [5.41, 5.74) is 0.0329. The molecule has 2 aromatic rings. The summed E-state index contributed by atoms with van der Waals surface area (Å²) in [5.74, 6) is -1.33. The highest BCUT2D eigenvalue weighted by Crippen LogP contribution is 2.35. The highest BCUT2D eigenvalue weighted by molar-refractivity contribution is 7.80. The van der Waals surface area contributed by atoms with E-state index in [1.807, 2.05) is 6.92 Å². The van der Waals surface area contributed by atoms with Crippen LogP contribution in [0.15, 0.2) is 42.0 Å². The summed E-state index contributed by atoms with van der Waals surface area (Å²) in [7, 11) is 1.46. The van der Waals surface area contributed by atoms with Gasteiger partial charge in [-0.25, -0.2) is 9.29 Å². The number of nitrogens with zero attached hydrogens (tertiary/aromatic N) is 1. The molecule has 0 spiro atoms. The second kappa shape index (κ2) is 8.59. The van der Waals surface area contributed by atoms with Crippen molar-refractivity contribution in [2.24, 2.45) is 0 Å². The fourth-order valence-electron chi connectivity index (χ4n) is 2.75. The first-order valence-electron chi connectivity index (χ1n) is 8.53. The molecule has 1 saturated heterocycles. The number of halogens is 2. The molecule has 0 aromatic heterocycles. The number of carbonyl (C=O) groups is 2. The van der Waals surface area contributed by atoms with Gasteiger partial charge in [0.25, 0.3) is 11.8 Å². The fraction of sp³-hybridized carbons (Fsp3) is 0.150. The Hall–Kier alpha value is -2.97. The smallest absolute Gasteiger partial charge is 0.270 e. The highest BCUT2D eigenvalue weighted by atomic mass is 35.5. The molecule has 9 heteroatoms. The molecule has 1 aliphatic rings. The number of hydrogen-bond donors (Lipinski definition) is 1. The van der Waals surface area contributed by atoms with Crippen LogP contribution in [0.4, 0.5) is 10.1 Å². The first kappa shape index (κ1) is 20.8. The maximum atomic E-state index is 14.2. The van der Waals surface area contributed by atoms with E-state index in [4.69, 9.17) is 33.3 Å².